The number of hydrogen-bond acceptors (Lipinski definition) is 5. The van der Waals surface area contributed by atoms with Gasteiger partial charge in [0.1, 0.15) is 11.4 Å². The van der Waals surface area contributed by atoms with Crippen molar-refractivity contribution in [3.05, 3.63) is 64.1 Å². The number of rotatable bonds is 5. The van der Waals surface area contributed by atoms with Gasteiger partial charge in [0, 0.05) is 28.1 Å². The highest BCUT2D eigenvalue weighted by molar-refractivity contribution is 6.36. The van der Waals surface area contributed by atoms with Gasteiger partial charge in [-0.1, -0.05) is 35.3 Å². The van der Waals surface area contributed by atoms with Crippen molar-refractivity contribution in [1.29, 1.82) is 0 Å². The SMILES string of the molecule is COc1ccc(-c2cc3c(nc2-c2ccc(Cl)cc2Cl)OC(C)(C)CC3NC(=O)C(O)C(F)(F)F)cc1. The number of ether oxygens (including phenoxy) is 2. The van der Waals surface area contributed by atoms with Crippen molar-refractivity contribution < 1.29 is 32.5 Å². The summed E-state index contributed by atoms with van der Waals surface area (Å²) < 4.78 is 50.2. The predicted molar refractivity (Wildman–Crippen MR) is 134 cm³/mol. The third-order valence-electron chi connectivity index (χ3n) is 5.92. The van der Waals surface area contributed by atoms with Gasteiger partial charge in [0.05, 0.1) is 23.9 Å². The number of amides is 1. The topological polar surface area (TPSA) is 80.7 Å². The fourth-order valence-corrected chi connectivity index (χ4v) is 4.65. The maximum Gasteiger partial charge on any atom is 0.423 e. The molecular weight excluding hydrogens is 532 g/mol. The number of aliphatic hydroxyl groups is 1. The first-order chi connectivity index (χ1) is 17.3. The third kappa shape index (κ3) is 5.79. The Morgan fingerprint density at radius 3 is 2.43 bits per heavy atom. The molecule has 37 heavy (non-hydrogen) atoms. The Bertz CT molecular complexity index is 1330. The number of alkyl halides is 3. The van der Waals surface area contributed by atoms with E-state index in [4.69, 9.17) is 37.7 Å². The van der Waals surface area contributed by atoms with Gasteiger partial charge < -0.3 is 19.9 Å². The van der Waals surface area contributed by atoms with E-state index >= 15 is 0 Å². The van der Waals surface area contributed by atoms with Crippen LogP contribution in [-0.2, 0) is 4.79 Å². The quantitative estimate of drug-likeness (QED) is 0.383. The van der Waals surface area contributed by atoms with Crippen LogP contribution in [0.3, 0.4) is 0 Å². The van der Waals surface area contributed by atoms with Crippen LogP contribution < -0.4 is 14.8 Å². The molecule has 196 valence electrons. The number of carbonyl (C=O) groups excluding carboxylic acids is 1. The van der Waals surface area contributed by atoms with E-state index in [-0.39, 0.29) is 12.3 Å². The molecule has 0 saturated heterocycles. The highest BCUT2D eigenvalue weighted by Crippen LogP contribution is 2.45. The summed E-state index contributed by atoms with van der Waals surface area (Å²) in [6.45, 7) is 3.45. The van der Waals surface area contributed by atoms with Crippen molar-refractivity contribution in [2.24, 2.45) is 0 Å². The minimum absolute atomic E-state index is 0.126. The minimum Gasteiger partial charge on any atom is -0.497 e. The molecule has 0 spiro atoms. The summed E-state index contributed by atoms with van der Waals surface area (Å²) in [5, 5.41) is 12.6. The molecule has 2 heterocycles. The monoisotopic (exact) mass is 554 g/mol. The Labute approximate surface area is 221 Å². The van der Waals surface area contributed by atoms with Crippen LogP contribution in [0.5, 0.6) is 11.6 Å². The summed E-state index contributed by atoms with van der Waals surface area (Å²) in [5.74, 6) is -0.810. The molecule has 0 fully saturated rings. The first-order valence-electron chi connectivity index (χ1n) is 11.2. The highest BCUT2D eigenvalue weighted by Gasteiger charge is 2.45. The van der Waals surface area contributed by atoms with Crippen LogP contribution in [0.1, 0.15) is 31.9 Å². The molecule has 11 heteroatoms. The first-order valence-corrected chi connectivity index (χ1v) is 11.9. The molecule has 2 unspecified atom stereocenters. The maximum atomic E-state index is 13.0. The number of methoxy groups -OCH3 is 1. The molecule has 0 saturated carbocycles. The van der Waals surface area contributed by atoms with Crippen LogP contribution in [0.15, 0.2) is 48.5 Å². The Morgan fingerprint density at radius 1 is 1.16 bits per heavy atom. The largest absolute Gasteiger partial charge is 0.497 e. The summed E-state index contributed by atoms with van der Waals surface area (Å²) in [7, 11) is 1.54. The molecule has 2 atom stereocenters. The second kappa shape index (κ2) is 10.0. The number of benzene rings is 2. The van der Waals surface area contributed by atoms with Gasteiger partial charge in [0.15, 0.2) is 0 Å². The predicted octanol–water partition coefficient (Wildman–Crippen LogP) is 6.37. The highest BCUT2D eigenvalue weighted by atomic mass is 35.5. The number of aliphatic hydroxyl groups excluding tert-OH is 1. The Morgan fingerprint density at radius 2 is 1.84 bits per heavy atom. The molecule has 0 aliphatic carbocycles. The number of carbonyl (C=O) groups is 1. The van der Waals surface area contributed by atoms with Crippen molar-refractivity contribution in [3.63, 3.8) is 0 Å². The minimum atomic E-state index is -5.10. The van der Waals surface area contributed by atoms with E-state index in [2.05, 4.69) is 5.32 Å². The van der Waals surface area contributed by atoms with Crippen molar-refractivity contribution in [3.8, 4) is 34.0 Å². The number of aromatic nitrogens is 1. The average molecular weight is 555 g/mol. The molecule has 3 aromatic rings. The van der Waals surface area contributed by atoms with Crippen molar-refractivity contribution >= 4 is 29.1 Å². The van der Waals surface area contributed by atoms with E-state index in [0.29, 0.717) is 43.7 Å². The molecule has 6 nitrogen and oxygen atoms in total. The summed E-state index contributed by atoms with van der Waals surface area (Å²) in [6.07, 6.45) is -8.13. The lowest BCUT2D eigenvalue weighted by Gasteiger charge is -2.38. The lowest BCUT2D eigenvalue weighted by Crippen LogP contribution is -2.48. The average Bonchev–Trinajstić information content (AvgIpc) is 2.81. The molecule has 1 aliphatic heterocycles. The normalized spacial score (nSPS) is 17.4. The number of fused-ring (bicyclic) bond motifs is 1. The number of nitrogens with zero attached hydrogens (tertiary/aromatic N) is 1. The van der Waals surface area contributed by atoms with E-state index in [9.17, 15) is 23.1 Å². The van der Waals surface area contributed by atoms with Crippen molar-refractivity contribution in [2.75, 3.05) is 7.11 Å². The van der Waals surface area contributed by atoms with Crippen molar-refractivity contribution in [1.82, 2.24) is 10.3 Å². The molecular formula is C26H23Cl2F3N2O4. The van der Waals surface area contributed by atoms with Gasteiger partial charge in [0.25, 0.3) is 5.91 Å². The summed E-state index contributed by atoms with van der Waals surface area (Å²) in [6, 6.07) is 12.8. The lowest BCUT2D eigenvalue weighted by atomic mass is 9.88. The van der Waals surface area contributed by atoms with Crippen LogP contribution in [0, 0.1) is 0 Å². The van der Waals surface area contributed by atoms with Crippen LogP contribution in [0.4, 0.5) is 13.2 Å². The second-order valence-corrected chi connectivity index (χ2v) is 10.0. The number of nitrogens with one attached hydrogen (secondary N) is 1. The van der Waals surface area contributed by atoms with Gasteiger partial charge in [-0.25, -0.2) is 4.98 Å². The van der Waals surface area contributed by atoms with Gasteiger partial charge in [0.2, 0.25) is 12.0 Å². The first kappa shape index (κ1) is 27.0. The summed E-state index contributed by atoms with van der Waals surface area (Å²) in [5.41, 5.74) is 1.78. The van der Waals surface area contributed by atoms with E-state index in [1.807, 2.05) is 0 Å². The van der Waals surface area contributed by atoms with Crippen LogP contribution in [0.25, 0.3) is 22.4 Å². The summed E-state index contributed by atoms with van der Waals surface area (Å²) >= 11 is 12.6. The molecule has 4 rings (SSSR count). The van der Waals surface area contributed by atoms with Crippen LogP contribution >= 0.6 is 23.2 Å². The van der Waals surface area contributed by atoms with Gasteiger partial charge in [-0.3, -0.25) is 4.79 Å². The van der Waals surface area contributed by atoms with Crippen LogP contribution in [0.2, 0.25) is 10.0 Å². The molecule has 1 aromatic heterocycles. The zero-order chi connectivity index (χ0) is 27.1. The zero-order valence-corrected chi connectivity index (χ0v) is 21.5. The van der Waals surface area contributed by atoms with E-state index in [1.54, 1.807) is 62.4 Å². The molecule has 1 aliphatic rings. The van der Waals surface area contributed by atoms with Gasteiger partial charge in [-0.15, -0.1) is 0 Å². The Hall–Kier alpha value is -3.01. The molecule has 2 aromatic carbocycles. The number of halogens is 5. The molecule has 1 amide bonds. The Kier molecular flexibility index (Phi) is 7.34. The van der Waals surface area contributed by atoms with Gasteiger partial charge in [-0.05, 0) is 55.8 Å². The Balaban J connectivity index is 1.89. The molecule has 2 N–H and O–H groups in total. The number of hydrogen-bond donors (Lipinski definition) is 2. The van der Waals surface area contributed by atoms with Crippen LogP contribution in [-0.4, -0.2) is 41.0 Å². The molecule has 0 radical (unpaired) electrons. The number of pyridine rings is 1. The van der Waals surface area contributed by atoms with E-state index < -0.39 is 29.8 Å². The molecule has 0 bridgehead atoms. The maximum absolute atomic E-state index is 13.0. The standard InChI is InChI=1S/C26H23Cl2F3N2O4/c1-25(2)12-20(32-23(35)22(34)26(29,30)31)18-11-17(13-4-7-15(36-3)8-5-13)21(33-24(18)37-25)16-9-6-14(27)10-19(16)28/h4-11,20,22,34H,12H2,1-3H3,(H,32,35). The van der Waals surface area contributed by atoms with Crippen molar-refractivity contribution in [2.45, 2.75) is 44.2 Å². The fourth-order valence-electron chi connectivity index (χ4n) is 4.15. The lowest BCUT2D eigenvalue weighted by molar-refractivity contribution is -0.205. The second-order valence-electron chi connectivity index (χ2n) is 9.20. The van der Waals surface area contributed by atoms with E-state index in [0.717, 1.165) is 0 Å². The third-order valence-corrected chi connectivity index (χ3v) is 6.47. The summed E-state index contributed by atoms with van der Waals surface area (Å²) in [4.78, 5) is 17.0. The van der Waals surface area contributed by atoms with E-state index in [1.165, 1.54) is 7.11 Å². The van der Waals surface area contributed by atoms with Gasteiger partial charge >= 0.3 is 6.18 Å². The smallest absolute Gasteiger partial charge is 0.423 e. The zero-order valence-electron chi connectivity index (χ0n) is 20.0. The van der Waals surface area contributed by atoms with Gasteiger partial charge in [-0.2, -0.15) is 13.2 Å². The fraction of sp³-hybridized carbons (Fsp3) is 0.308.